The highest BCUT2D eigenvalue weighted by atomic mass is 19.1. The van der Waals surface area contributed by atoms with E-state index in [2.05, 4.69) is 0 Å². The minimum absolute atomic E-state index is 0.0460. The zero-order valence-electron chi connectivity index (χ0n) is 16.9. The van der Waals surface area contributed by atoms with Gasteiger partial charge in [-0.2, -0.15) is 0 Å². The number of nitrogens with zero attached hydrogens (tertiary/aromatic N) is 1. The number of ether oxygens (including phenoxy) is 2. The Morgan fingerprint density at radius 3 is 2.23 bits per heavy atom. The summed E-state index contributed by atoms with van der Waals surface area (Å²) in [5, 5.41) is 0. The van der Waals surface area contributed by atoms with Crippen LogP contribution in [0.5, 0.6) is 11.5 Å². The molecule has 0 aromatic heterocycles. The number of benzene rings is 3. The molecule has 4 nitrogen and oxygen atoms in total. The lowest BCUT2D eigenvalue weighted by Gasteiger charge is -2.18. The van der Waals surface area contributed by atoms with E-state index in [4.69, 9.17) is 9.47 Å². The van der Waals surface area contributed by atoms with E-state index in [1.165, 1.54) is 12.1 Å². The van der Waals surface area contributed by atoms with Crippen molar-refractivity contribution in [1.82, 2.24) is 4.90 Å². The maximum Gasteiger partial charge on any atom is 0.255 e. The SMILES string of the molecule is COc1ccc(CN2CC(c3ccc(F)cc3)=C(c3ccccc3)C2=O)cc1OC. The second kappa shape index (κ2) is 8.41. The summed E-state index contributed by atoms with van der Waals surface area (Å²) in [6.07, 6.45) is 0. The van der Waals surface area contributed by atoms with Gasteiger partial charge in [-0.05, 0) is 46.5 Å². The Kier molecular flexibility index (Phi) is 5.53. The maximum atomic E-state index is 13.5. The quantitative estimate of drug-likeness (QED) is 0.594. The number of methoxy groups -OCH3 is 2. The van der Waals surface area contributed by atoms with Crippen LogP contribution in [0.1, 0.15) is 16.7 Å². The highest BCUT2D eigenvalue weighted by molar-refractivity contribution is 6.30. The number of hydrogen-bond donors (Lipinski definition) is 0. The lowest BCUT2D eigenvalue weighted by molar-refractivity contribution is -0.124. The van der Waals surface area contributed by atoms with Crippen molar-refractivity contribution >= 4 is 17.1 Å². The summed E-state index contributed by atoms with van der Waals surface area (Å²) in [4.78, 5) is 15.2. The minimum Gasteiger partial charge on any atom is -0.493 e. The van der Waals surface area contributed by atoms with E-state index >= 15 is 0 Å². The Morgan fingerprint density at radius 2 is 1.57 bits per heavy atom. The smallest absolute Gasteiger partial charge is 0.255 e. The summed E-state index contributed by atoms with van der Waals surface area (Å²) in [6, 6.07) is 21.5. The fourth-order valence-corrected chi connectivity index (χ4v) is 3.75. The zero-order chi connectivity index (χ0) is 21.1. The van der Waals surface area contributed by atoms with Gasteiger partial charge in [-0.3, -0.25) is 4.79 Å². The molecule has 0 unspecified atom stereocenters. The first-order chi connectivity index (χ1) is 14.6. The lowest BCUT2D eigenvalue weighted by Crippen LogP contribution is -2.26. The molecule has 1 heterocycles. The Labute approximate surface area is 175 Å². The number of carbonyl (C=O) groups excluding carboxylic acids is 1. The van der Waals surface area contributed by atoms with Crippen LogP contribution in [-0.2, 0) is 11.3 Å². The molecule has 0 spiro atoms. The molecular weight excluding hydrogens is 381 g/mol. The van der Waals surface area contributed by atoms with Crippen molar-refractivity contribution in [3.05, 3.63) is 95.3 Å². The van der Waals surface area contributed by atoms with Gasteiger partial charge in [-0.25, -0.2) is 4.39 Å². The molecule has 3 aromatic rings. The molecule has 0 saturated heterocycles. The molecule has 152 valence electrons. The molecule has 1 aliphatic heterocycles. The lowest BCUT2D eigenvalue weighted by atomic mass is 9.97. The highest BCUT2D eigenvalue weighted by Crippen LogP contribution is 2.36. The van der Waals surface area contributed by atoms with Gasteiger partial charge in [0.2, 0.25) is 0 Å². The average molecular weight is 403 g/mol. The fourth-order valence-electron chi connectivity index (χ4n) is 3.75. The standard InChI is InChI=1S/C25H22FNO3/c1-29-22-13-8-17(14-23(22)30-2)15-27-16-21(18-9-11-20(26)12-10-18)24(25(27)28)19-6-4-3-5-7-19/h3-14H,15-16H2,1-2H3. The number of halogens is 1. The molecule has 0 saturated carbocycles. The van der Waals surface area contributed by atoms with Crippen molar-refractivity contribution in [3.8, 4) is 11.5 Å². The Balaban J connectivity index is 1.69. The number of amides is 1. The molecule has 1 amide bonds. The van der Waals surface area contributed by atoms with Crippen LogP contribution in [-0.4, -0.2) is 31.6 Å². The van der Waals surface area contributed by atoms with Gasteiger partial charge >= 0.3 is 0 Å². The van der Waals surface area contributed by atoms with Gasteiger partial charge < -0.3 is 14.4 Å². The molecule has 0 radical (unpaired) electrons. The van der Waals surface area contributed by atoms with E-state index < -0.39 is 0 Å². The normalized spacial score (nSPS) is 13.7. The molecule has 0 atom stereocenters. The van der Waals surface area contributed by atoms with Gasteiger partial charge in [-0.15, -0.1) is 0 Å². The van der Waals surface area contributed by atoms with E-state index in [-0.39, 0.29) is 11.7 Å². The Bertz CT molecular complexity index is 1090. The molecule has 1 aliphatic rings. The van der Waals surface area contributed by atoms with Gasteiger partial charge in [0.05, 0.1) is 19.8 Å². The van der Waals surface area contributed by atoms with Crippen LogP contribution in [0.15, 0.2) is 72.8 Å². The number of rotatable bonds is 6. The summed E-state index contributed by atoms with van der Waals surface area (Å²) in [5.74, 6) is 0.920. The Hall–Kier alpha value is -3.60. The molecule has 30 heavy (non-hydrogen) atoms. The van der Waals surface area contributed by atoms with Crippen LogP contribution in [0.4, 0.5) is 4.39 Å². The summed E-state index contributed by atoms with van der Waals surface area (Å²) < 4.78 is 24.1. The predicted molar refractivity (Wildman–Crippen MR) is 115 cm³/mol. The van der Waals surface area contributed by atoms with Crippen LogP contribution >= 0.6 is 0 Å². The van der Waals surface area contributed by atoms with Crippen molar-refractivity contribution in [2.24, 2.45) is 0 Å². The Morgan fingerprint density at radius 1 is 0.867 bits per heavy atom. The third-order valence-corrected chi connectivity index (χ3v) is 5.23. The molecule has 0 bridgehead atoms. The topological polar surface area (TPSA) is 38.8 Å². The summed E-state index contributed by atoms with van der Waals surface area (Å²) in [6.45, 7) is 0.878. The summed E-state index contributed by atoms with van der Waals surface area (Å²) in [5.41, 5.74) is 4.19. The second-order valence-electron chi connectivity index (χ2n) is 7.08. The van der Waals surface area contributed by atoms with Crippen LogP contribution < -0.4 is 9.47 Å². The average Bonchev–Trinajstić information content (AvgIpc) is 3.10. The van der Waals surface area contributed by atoms with Gasteiger partial charge in [0.15, 0.2) is 11.5 Å². The van der Waals surface area contributed by atoms with Crippen molar-refractivity contribution in [2.45, 2.75) is 6.54 Å². The molecule has 0 aliphatic carbocycles. The van der Waals surface area contributed by atoms with Crippen molar-refractivity contribution < 1.29 is 18.7 Å². The fraction of sp³-hybridized carbons (Fsp3) is 0.160. The van der Waals surface area contributed by atoms with Crippen molar-refractivity contribution in [2.75, 3.05) is 20.8 Å². The van der Waals surface area contributed by atoms with Gasteiger partial charge in [0.1, 0.15) is 5.82 Å². The summed E-state index contributed by atoms with van der Waals surface area (Å²) in [7, 11) is 3.18. The third-order valence-electron chi connectivity index (χ3n) is 5.23. The van der Waals surface area contributed by atoms with Crippen molar-refractivity contribution in [3.63, 3.8) is 0 Å². The van der Waals surface area contributed by atoms with E-state index in [0.717, 1.165) is 22.3 Å². The minimum atomic E-state index is -0.299. The molecule has 0 fully saturated rings. The van der Waals surface area contributed by atoms with Gasteiger partial charge in [0, 0.05) is 13.1 Å². The molecular formula is C25H22FNO3. The molecule has 0 N–H and O–H groups in total. The van der Waals surface area contributed by atoms with Crippen molar-refractivity contribution in [1.29, 1.82) is 0 Å². The number of hydrogen-bond acceptors (Lipinski definition) is 3. The van der Waals surface area contributed by atoms with Gasteiger partial charge in [0.25, 0.3) is 5.91 Å². The first-order valence-electron chi connectivity index (χ1n) is 9.65. The maximum absolute atomic E-state index is 13.5. The molecule has 5 heteroatoms. The van der Waals surface area contributed by atoms with Crippen LogP contribution in [0.3, 0.4) is 0 Å². The van der Waals surface area contributed by atoms with E-state index in [1.54, 1.807) is 31.3 Å². The first kappa shape index (κ1) is 19.7. The second-order valence-corrected chi connectivity index (χ2v) is 7.08. The first-order valence-corrected chi connectivity index (χ1v) is 9.65. The third kappa shape index (κ3) is 3.79. The number of carbonyl (C=O) groups is 1. The monoisotopic (exact) mass is 403 g/mol. The van der Waals surface area contributed by atoms with E-state index in [9.17, 15) is 9.18 Å². The largest absolute Gasteiger partial charge is 0.493 e. The highest BCUT2D eigenvalue weighted by Gasteiger charge is 2.32. The molecule has 4 rings (SSSR count). The van der Waals surface area contributed by atoms with Crippen LogP contribution in [0.2, 0.25) is 0 Å². The van der Waals surface area contributed by atoms with E-state index in [0.29, 0.717) is 30.2 Å². The van der Waals surface area contributed by atoms with Gasteiger partial charge in [-0.1, -0.05) is 48.5 Å². The molecule has 3 aromatic carbocycles. The predicted octanol–water partition coefficient (Wildman–Crippen LogP) is 4.80. The summed E-state index contributed by atoms with van der Waals surface area (Å²) >= 11 is 0. The zero-order valence-corrected chi connectivity index (χ0v) is 16.9. The van der Waals surface area contributed by atoms with Crippen LogP contribution in [0.25, 0.3) is 11.1 Å². The van der Waals surface area contributed by atoms with Crippen LogP contribution in [0, 0.1) is 5.82 Å². The van der Waals surface area contributed by atoms with E-state index in [1.807, 2.05) is 48.5 Å².